The van der Waals surface area contributed by atoms with Crippen LogP contribution in [-0.2, 0) is 0 Å². The van der Waals surface area contributed by atoms with Crippen LogP contribution in [0.25, 0.3) is 0 Å². The minimum atomic E-state index is 0.756. The fraction of sp³-hybridized carbons (Fsp3) is 0.364. The van der Waals surface area contributed by atoms with Gasteiger partial charge in [-0.25, -0.2) is 0 Å². The Hall–Kier alpha value is -0.960. The second-order valence-electron chi connectivity index (χ2n) is 3.37. The molecule has 1 aliphatic rings. The lowest BCUT2D eigenvalue weighted by molar-refractivity contribution is 0.951. The van der Waals surface area contributed by atoms with Crippen molar-refractivity contribution in [2.45, 2.75) is 17.7 Å². The first-order valence-electron chi connectivity index (χ1n) is 4.81. The summed E-state index contributed by atoms with van der Waals surface area (Å²) in [6.45, 7) is 0.996. The van der Waals surface area contributed by atoms with Crippen molar-refractivity contribution < 1.29 is 0 Å². The average molecular weight is 206 g/mol. The number of hydrogen-bond donors (Lipinski definition) is 1. The molecule has 0 aromatic heterocycles. The first-order valence-corrected chi connectivity index (χ1v) is 6.03. The summed E-state index contributed by atoms with van der Waals surface area (Å²) in [6.07, 6.45) is 4.11. The van der Waals surface area contributed by atoms with Gasteiger partial charge in [-0.1, -0.05) is 12.1 Å². The number of anilines is 1. The molecule has 1 saturated heterocycles. The molecule has 0 spiro atoms. The average Bonchev–Trinajstić information content (AvgIpc) is 2.64. The summed E-state index contributed by atoms with van der Waals surface area (Å²) in [7, 11) is 0. The van der Waals surface area contributed by atoms with Crippen LogP contribution in [0.15, 0.2) is 29.2 Å². The van der Waals surface area contributed by atoms with E-state index in [0.29, 0.717) is 0 Å². The number of nitrogens with one attached hydrogen (secondary N) is 1. The third kappa shape index (κ3) is 1.64. The number of nitrogens with zero attached hydrogens (tertiary/aromatic N) is 1. The minimum Gasteiger partial charge on any atom is -0.329 e. The highest BCUT2D eigenvalue weighted by Crippen LogP contribution is 2.31. The second kappa shape index (κ2) is 4.05. The number of para-hydroxylation sites is 1. The molecular formula is C11H14N2S. The standard InChI is InChI=1S/C11H14N2S/c1-14-10-6-3-2-5-9(10)13-8-4-7-11(13)12/h2-3,5-6,12H,4,7-8H2,1H3. The van der Waals surface area contributed by atoms with Crippen LogP contribution in [-0.4, -0.2) is 18.6 Å². The Bertz CT molecular complexity index is 349. The third-order valence-electron chi connectivity index (χ3n) is 2.50. The third-order valence-corrected chi connectivity index (χ3v) is 3.28. The SMILES string of the molecule is CSc1ccccc1N1CCCC1=N. The molecule has 1 N–H and O–H groups in total. The van der Waals surface area contributed by atoms with E-state index in [1.54, 1.807) is 11.8 Å². The molecule has 74 valence electrons. The van der Waals surface area contributed by atoms with E-state index in [0.717, 1.165) is 25.2 Å². The largest absolute Gasteiger partial charge is 0.329 e. The lowest BCUT2D eigenvalue weighted by Gasteiger charge is -2.20. The van der Waals surface area contributed by atoms with Gasteiger partial charge in [0.1, 0.15) is 5.84 Å². The Morgan fingerprint density at radius 1 is 1.36 bits per heavy atom. The normalized spacial score (nSPS) is 16.4. The van der Waals surface area contributed by atoms with Gasteiger partial charge >= 0.3 is 0 Å². The van der Waals surface area contributed by atoms with Gasteiger partial charge in [-0.15, -0.1) is 11.8 Å². The zero-order valence-electron chi connectivity index (χ0n) is 8.29. The Morgan fingerprint density at radius 2 is 2.14 bits per heavy atom. The molecule has 0 amide bonds. The van der Waals surface area contributed by atoms with Crippen LogP contribution in [0.3, 0.4) is 0 Å². The van der Waals surface area contributed by atoms with Gasteiger partial charge < -0.3 is 4.90 Å². The summed E-state index contributed by atoms with van der Waals surface area (Å²) in [5.41, 5.74) is 1.20. The van der Waals surface area contributed by atoms with Crippen LogP contribution >= 0.6 is 11.8 Å². The van der Waals surface area contributed by atoms with Crippen LogP contribution in [0.1, 0.15) is 12.8 Å². The van der Waals surface area contributed by atoms with Crippen molar-refractivity contribution in [2.75, 3.05) is 17.7 Å². The van der Waals surface area contributed by atoms with Crippen molar-refractivity contribution in [1.29, 1.82) is 5.41 Å². The van der Waals surface area contributed by atoms with Gasteiger partial charge in [0.05, 0.1) is 5.69 Å². The Morgan fingerprint density at radius 3 is 2.79 bits per heavy atom. The molecule has 0 atom stereocenters. The van der Waals surface area contributed by atoms with E-state index in [4.69, 9.17) is 5.41 Å². The van der Waals surface area contributed by atoms with Gasteiger partial charge in [-0.3, -0.25) is 5.41 Å². The molecule has 0 unspecified atom stereocenters. The van der Waals surface area contributed by atoms with E-state index in [-0.39, 0.29) is 0 Å². The molecule has 0 saturated carbocycles. The molecular weight excluding hydrogens is 192 g/mol. The number of rotatable bonds is 2. The van der Waals surface area contributed by atoms with Gasteiger partial charge in [0.25, 0.3) is 0 Å². The molecule has 0 bridgehead atoms. The molecule has 1 aromatic rings. The highest BCUT2D eigenvalue weighted by Gasteiger charge is 2.20. The molecule has 1 aromatic carbocycles. The zero-order valence-corrected chi connectivity index (χ0v) is 9.10. The van der Waals surface area contributed by atoms with Gasteiger partial charge in [0.2, 0.25) is 0 Å². The molecule has 2 nitrogen and oxygen atoms in total. The Balaban J connectivity index is 2.35. The summed E-state index contributed by atoms with van der Waals surface area (Å²) in [5, 5.41) is 7.83. The molecule has 0 radical (unpaired) electrons. The quantitative estimate of drug-likeness (QED) is 0.753. The molecule has 14 heavy (non-hydrogen) atoms. The first kappa shape index (κ1) is 9.59. The molecule has 3 heteroatoms. The van der Waals surface area contributed by atoms with Crippen molar-refractivity contribution >= 4 is 23.3 Å². The summed E-state index contributed by atoms with van der Waals surface area (Å²) in [6, 6.07) is 8.31. The van der Waals surface area contributed by atoms with E-state index in [1.165, 1.54) is 10.6 Å². The fourth-order valence-electron chi connectivity index (χ4n) is 1.79. The molecule has 1 aliphatic heterocycles. The van der Waals surface area contributed by atoms with Gasteiger partial charge in [-0.05, 0) is 24.8 Å². The predicted octanol–water partition coefficient (Wildman–Crippen LogP) is 2.99. The minimum absolute atomic E-state index is 0.756. The number of hydrogen-bond acceptors (Lipinski definition) is 2. The highest BCUT2D eigenvalue weighted by atomic mass is 32.2. The smallest absolute Gasteiger partial charge is 0.100 e. The van der Waals surface area contributed by atoms with Gasteiger partial charge in [0.15, 0.2) is 0 Å². The lowest BCUT2D eigenvalue weighted by atomic mass is 10.3. The maximum absolute atomic E-state index is 7.83. The van der Waals surface area contributed by atoms with Crippen LogP contribution in [0.5, 0.6) is 0 Å². The number of amidine groups is 1. The van der Waals surface area contributed by atoms with Gasteiger partial charge in [-0.2, -0.15) is 0 Å². The van der Waals surface area contributed by atoms with E-state index in [2.05, 4.69) is 29.4 Å². The van der Waals surface area contributed by atoms with Crippen molar-refractivity contribution in [2.24, 2.45) is 0 Å². The Labute approximate surface area is 88.8 Å². The Kier molecular flexibility index (Phi) is 2.77. The fourth-order valence-corrected chi connectivity index (χ4v) is 2.40. The maximum atomic E-state index is 7.83. The van der Waals surface area contributed by atoms with Crippen LogP contribution in [0, 0.1) is 5.41 Å². The van der Waals surface area contributed by atoms with E-state index >= 15 is 0 Å². The zero-order chi connectivity index (χ0) is 9.97. The molecule has 1 heterocycles. The first-order chi connectivity index (χ1) is 6.83. The monoisotopic (exact) mass is 206 g/mol. The summed E-state index contributed by atoms with van der Waals surface area (Å²) < 4.78 is 0. The van der Waals surface area contributed by atoms with Crippen LogP contribution < -0.4 is 4.90 Å². The van der Waals surface area contributed by atoms with Gasteiger partial charge in [0, 0.05) is 17.9 Å². The topological polar surface area (TPSA) is 27.1 Å². The van der Waals surface area contributed by atoms with E-state index in [9.17, 15) is 0 Å². The summed E-state index contributed by atoms with van der Waals surface area (Å²) in [5.74, 6) is 0.756. The van der Waals surface area contributed by atoms with E-state index in [1.807, 2.05) is 6.07 Å². The van der Waals surface area contributed by atoms with Crippen molar-refractivity contribution in [1.82, 2.24) is 0 Å². The molecule has 2 rings (SSSR count). The molecule has 1 fully saturated rings. The summed E-state index contributed by atoms with van der Waals surface area (Å²) >= 11 is 1.75. The predicted molar refractivity (Wildman–Crippen MR) is 62.5 cm³/mol. The van der Waals surface area contributed by atoms with E-state index < -0.39 is 0 Å². The maximum Gasteiger partial charge on any atom is 0.100 e. The van der Waals surface area contributed by atoms with Crippen molar-refractivity contribution in [3.05, 3.63) is 24.3 Å². The second-order valence-corrected chi connectivity index (χ2v) is 4.22. The van der Waals surface area contributed by atoms with Crippen molar-refractivity contribution in [3.63, 3.8) is 0 Å². The summed E-state index contributed by atoms with van der Waals surface area (Å²) in [4.78, 5) is 3.38. The highest BCUT2D eigenvalue weighted by molar-refractivity contribution is 7.98. The van der Waals surface area contributed by atoms with Crippen LogP contribution in [0.4, 0.5) is 5.69 Å². The number of benzene rings is 1. The lowest BCUT2D eigenvalue weighted by Crippen LogP contribution is -2.23. The van der Waals surface area contributed by atoms with Crippen LogP contribution in [0.2, 0.25) is 0 Å². The number of thioether (sulfide) groups is 1. The van der Waals surface area contributed by atoms with Crippen molar-refractivity contribution in [3.8, 4) is 0 Å². The molecule has 0 aliphatic carbocycles.